The Bertz CT molecular complexity index is 707. The van der Waals surface area contributed by atoms with Crippen molar-refractivity contribution in [2.75, 3.05) is 33.4 Å². The lowest BCUT2D eigenvalue weighted by Gasteiger charge is -2.16. The number of nitrogens with one attached hydrogen (secondary N) is 2. The van der Waals surface area contributed by atoms with E-state index in [1.54, 1.807) is 24.3 Å². The van der Waals surface area contributed by atoms with Crippen LogP contribution < -0.4 is 5.32 Å². The molecule has 0 atom stereocenters. The van der Waals surface area contributed by atoms with Gasteiger partial charge in [-0.15, -0.1) is 0 Å². The van der Waals surface area contributed by atoms with Gasteiger partial charge in [-0.1, -0.05) is 12.1 Å². The van der Waals surface area contributed by atoms with Gasteiger partial charge in [-0.05, 0) is 26.2 Å². The predicted octanol–water partition coefficient (Wildman–Crippen LogP) is 1.13. The molecule has 2 rings (SSSR count). The summed E-state index contributed by atoms with van der Waals surface area (Å²) < 4.78 is 23.0. The SMILES string of the molecule is CNCCN(C)Cc1c[nH]nc1-c1ccc(S(C)(=O)=O)cc1. The van der Waals surface area contributed by atoms with Crippen LogP contribution in [0.1, 0.15) is 5.56 Å². The van der Waals surface area contributed by atoms with Gasteiger partial charge in [0.2, 0.25) is 0 Å². The summed E-state index contributed by atoms with van der Waals surface area (Å²) in [7, 11) is 0.816. The Hall–Kier alpha value is -1.70. The Morgan fingerprint density at radius 3 is 2.55 bits per heavy atom. The average molecular weight is 322 g/mol. The molecule has 0 spiro atoms. The fourth-order valence-corrected chi connectivity index (χ4v) is 2.85. The molecule has 0 fully saturated rings. The minimum Gasteiger partial charge on any atom is -0.318 e. The first kappa shape index (κ1) is 16.7. The van der Waals surface area contributed by atoms with Crippen molar-refractivity contribution in [3.8, 4) is 11.3 Å². The molecule has 2 aromatic rings. The molecule has 6 nitrogen and oxygen atoms in total. The van der Waals surface area contributed by atoms with Crippen LogP contribution in [0.3, 0.4) is 0 Å². The largest absolute Gasteiger partial charge is 0.318 e. The summed E-state index contributed by atoms with van der Waals surface area (Å²) >= 11 is 0. The van der Waals surface area contributed by atoms with Gasteiger partial charge in [0.25, 0.3) is 0 Å². The average Bonchev–Trinajstić information content (AvgIpc) is 2.92. The molecule has 1 aromatic carbocycles. The van der Waals surface area contributed by atoms with Gasteiger partial charge in [-0.3, -0.25) is 5.10 Å². The number of rotatable bonds is 7. The van der Waals surface area contributed by atoms with Crippen molar-refractivity contribution in [1.82, 2.24) is 20.4 Å². The molecule has 0 amide bonds. The number of likely N-dealkylation sites (N-methyl/N-ethyl adjacent to an activating group) is 2. The van der Waals surface area contributed by atoms with Gasteiger partial charge in [-0.25, -0.2) is 8.42 Å². The molecule has 0 unspecified atom stereocenters. The number of nitrogens with zero attached hydrogens (tertiary/aromatic N) is 2. The minimum absolute atomic E-state index is 0.319. The summed E-state index contributed by atoms with van der Waals surface area (Å²) in [5, 5.41) is 10.3. The van der Waals surface area contributed by atoms with Crippen LogP contribution in [0, 0.1) is 0 Å². The van der Waals surface area contributed by atoms with Crippen molar-refractivity contribution in [1.29, 1.82) is 0 Å². The van der Waals surface area contributed by atoms with Crippen molar-refractivity contribution >= 4 is 9.84 Å². The molecule has 0 bridgehead atoms. The number of benzene rings is 1. The third-order valence-corrected chi connectivity index (χ3v) is 4.59. The third-order valence-electron chi connectivity index (χ3n) is 3.46. The van der Waals surface area contributed by atoms with Crippen LogP contribution in [0.4, 0.5) is 0 Å². The lowest BCUT2D eigenvalue weighted by molar-refractivity contribution is 0.328. The maximum absolute atomic E-state index is 11.5. The molecule has 22 heavy (non-hydrogen) atoms. The van der Waals surface area contributed by atoms with Crippen LogP contribution in [0.25, 0.3) is 11.3 Å². The Balaban J connectivity index is 2.18. The van der Waals surface area contributed by atoms with Gasteiger partial charge in [0.15, 0.2) is 9.84 Å². The van der Waals surface area contributed by atoms with E-state index in [0.717, 1.165) is 36.5 Å². The standard InChI is InChI=1S/C15H22N4O2S/c1-16-8-9-19(2)11-13-10-17-18-15(13)12-4-6-14(7-5-12)22(3,20)21/h4-7,10,16H,8-9,11H2,1-3H3,(H,17,18). The highest BCUT2D eigenvalue weighted by molar-refractivity contribution is 7.90. The molecule has 0 aliphatic heterocycles. The molecule has 0 aliphatic carbocycles. The molecule has 2 N–H and O–H groups in total. The Labute approximate surface area is 131 Å². The number of hydrogen-bond acceptors (Lipinski definition) is 5. The van der Waals surface area contributed by atoms with Crippen LogP contribution in [-0.4, -0.2) is 57.0 Å². The highest BCUT2D eigenvalue weighted by atomic mass is 32.2. The van der Waals surface area contributed by atoms with Crippen molar-refractivity contribution in [3.05, 3.63) is 36.0 Å². The number of hydrogen-bond donors (Lipinski definition) is 2. The number of aromatic amines is 1. The second-order valence-corrected chi connectivity index (χ2v) is 7.41. The van der Waals surface area contributed by atoms with Crippen LogP contribution in [0.5, 0.6) is 0 Å². The normalized spacial score (nSPS) is 12.0. The van der Waals surface area contributed by atoms with E-state index in [2.05, 4.69) is 27.5 Å². The summed E-state index contributed by atoms with van der Waals surface area (Å²) in [5.41, 5.74) is 2.85. The molecule has 0 saturated heterocycles. The van der Waals surface area contributed by atoms with E-state index in [4.69, 9.17) is 0 Å². The molecule has 1 heterocycles. The predicted molar refractivity (Wildman–Crippen MR) is 87.4 cm³/mol. The Kier molecular flexibility index (Phi) is 5.33. The molecular weight excluding hydrogens is 300 g/mol. The fourth-order valence-electron chi connectivity index (χ4n) is 2.22. The van der Waals surface area contributed by atoms with Crippen LogP contribution in [-0.2, 0) is 16.4 Å². The maximum Gasteiger partial charge on any atom is 0.175 e. The number of aromatic nitrogens is 2. The van der Waals surface area contributed by atoms with Gasteiger partial charge in [0.1, 0.15) is 0 Å². The van der Waals surface area contributed by atoms with Gasteiger partial charge in [-0.2, -0.15) is 5.10 Å². The second-order valence-electron chi connectivity index (χ2n) is 5.40. The maximum atomic E-state index is 11.5. The smallest absolute Gasteiger partial charge is 0.175 e. The second kappa shape index (κ2) is 7.04. The Morgan fingerprint density at radius 1 is 1.27 bits per heavy atom. The molecule has 7 heteroatoms. The zero-order valence-corrected chi connectivity index (χ0v) is 13.9. The Morgan fingerprint density at radius 2 is 1.95 bits per heavy atom. The van der Waals surface area contributed by atoms with Gasteiger partial charge in [0.05, 0.1) is 10.6 Å². The quantitative estimate of drug-likeness (QED) is 0.799. The molecule has 0 radical (unpaired) electrons. The van der Waals surface area contributed by atoms with E-state index in [1.807, 2.05) is 13.2 Å². The van der Waals surface area contributed by atoms with Crippen LogP contribution >= 0.6 is 0 Å². The van der Waals surface area contributed by atoms with Crippen molar-refractivity contribution in [2.45, 2.75) is 11.4 Å². The summed E-state index contributed by atoms with van der Waals surface area (Å²) in [6.07, 6.45) is 3.09. The lowest BCUT2D eigenvalue weighted by Crippen LogP contribution is -2.26. The van der Waals surface area contributed by atoms with Crippen LogP contribution in [0.15, 0.2) is 35.4 Å². The first-order chi connectivity index (χ1) is 10.4. The van der Waals surface area contributed by atoms with E-state index in [0.29, 0.717) is 4.90 Å². The van der Waals surface area contributed by atoms with E-state index >= 15 is 0 Å². The molecule has 0 aliphatic rings. The topological polar surface area (TPSA) is 78.1 Å². The monoisotopic (exact) mass is 322 g/mol. The van der Waals surface area contributed by atoms with Gasteiger partial charge < -0.3 is 10.2 Å². The molecular formula is C15H22N4O2S. The van der Waals surface area contributed by atoms with E-state index in [-0.39, 0.29) is 0 Å². The van der Waals surface area contributed by atoms with Crippen LogP contribution in [0.2, 0.25) is 0 Å². The molecule has 120 valence electrons. The fraction of sp³-hybridized carbons (Fsp3) is 0.400. The van der Waals surface area contributed by atoms with E-state index in [9.17, 15) is 8.42 Å². The van der Waals surface area contributed by atoms with Crippen molar-refractivity contribution in [3.63, 3.8) is 0 Å². The summed E-state index contributed by atoms with van der Waals surface area (Å²) in [6.45, 7) is 2.64. The third kappa shape index (κ3) is 4.16. The molecule has 1 aromatic heterocycles. The molecule has 0 saturated carbocycles. The minimum atomic E-state index is -3.17. The first-order valence-electron chi connectivity index (χ1n) is 7.08. The highest BCUT2D eigenvalue weighted by Gasteiger charge is 2.12. The first-order valence-corrected chi connectivity index (χ1v) is 8.97. The number of sulfone groups is 1. The summed E-state index contributed by atoms with van der Waals surface area (Å²) in [5.74, 6) is 0. The van der Waals surface area contributed by atoms with Gasteiger partial charge >= 0.3 is 0 Å². The summed E-state index contributed by atoms with van der Waals surface area (Å²) in [6, 6.07) is 6.83. The number of H-pyrrole nitrogens is 1. The van der Waals surface area contributed by atoms with Crippen molar-refractivity contribution < 1.29 is 8.42 Å². The zero-order chi connectivity index (χ0) is 16.2. The summed E-state index contributed by atoms with van der Waals surface area (Å²) in [4.78, 5) is 2.52. The lowest BCUT2D eigenvalue weighted by atomic mass is 10.1. The van der Waals surface area contributed by atoms with E-state index in [1.165, 1.54) is 6.26 Å². The van der Waals surface area contributed by atoms with Gasteiger partial charge in [0, 0.05) is 43.2 Å². The zero-order valence-electron chi connectivity index (χ0n) is 13.1. The van der Waals surface area contributed by atoms with E-state index < -0.39 is 9.84 Å². The highest BCUT2D eigenvalue weighted by Crippen LogP contribution is 2.23. The van der Waals surface area contributed by atoms with Crippen molar-refractivity contribution in [2.24, 2.45) is 0 Å².